The number of amides is 1. The fourth-order valence-electron chi connectivity index (χ4n) is 1.16. The van der Waals surface area contributed by atoms with Crippen LogP contribution in [0, 0.1) is 0 Å². The van der Waals surface area contributed by atoms with E-state index in [1.165, 1.54) is 11.8 Å². The van der Waals surface area contributed by atoms with E-state index < -0.39 is 6.04 Å². The van der Waals surface area contributed by atoms with Crippen LogP contribution in [0.5, 0.6) is 0 Å². The summed E-state index contributed by atoms with van der Waals surface area (Å²) in [6.07, 6.45) is 1.45. The van der Waals surface area contributed by atoms with Crippen LogP contribution in [0.2, 0.25) is 0 Å². The minimum Gasteiger partial charge on any atom is -0.465 e. The Kier molecular flexibility index (Phi) is 9.77. The summed E-state index contributed by atoms with van der Waals surface area (Å²) < 4.78 is 4.80. The first kappa shape index (κ1) is 17.2. The van der Waals surface area contributed by atoms with Crippen LogP contribution in [0.15, 0.2) is 0 Å². The monoisotopic (exact) mass is 276 g/mol. The molecule has 0 aromatic rings. The van der Waals surface area contributed by atoms with Crippen molar-refractivity contribution in [3.05, 3.63) is 0 Å². The molecule has 1 amide bonds. The molecule has 2 unspecified atom stereocenters. The number of carbonyl (C=O) groups is 2. The van der Waals surface area contributed by atoms with Gasteiger partial charge in [-0.2, -0.15) is 11.8 Å². The van der Waals surface area contributed by atoms with E-state index >= 15 is 0 Å². The van der Waals surface area contributed by atoms with E-state index in [0.717, 1.165) is 6.42 Å². The van der Waals surface area contributed by atoms with Gasteiger partial charge < -0.3 is 15.8 Å². The highest BCUT2D eigenvalue weighted by Gasteiger charge is 2.14. The van der Waals surface area contributed by atoms with Gasteiger partial charge in [-0.15, -0.1) is 0 Å². The maximum Gasteiger partial charge on any atom is 0.322 e. The first-order valence-electron chi connectivity index (χ1n) is 6.30. The Morgan fingerprint density at radius 2 is 2.06 bits per heavy atom. The summed E-state index contributed by atoms with van der Waals surface area (Å²) in [5, 5.41) is 2.88. The Balaban J connectivity index is 3.61. The van der Waals surface area contributed by atoms with E-state index in [2.05, 4.69) is 5.32 Å². The van der Waals surface area contributed by atoms with Crippen LogP contribution in [0.3, 0.4) is 0 Å². The van der Waals surface area contributed by atoms with Gasteiger partial charge in [0.25, 0.3) is 0 Å². The molecular weight excluding hydrogens is 252 g/mol. The Hall–Kier alpha value is -0.750. The quantitative estimate of drug-likeness (QED) is 0.483. The van der Waals surface area contributed by atoms with Crippen molar-refractivity contribution in [2.75, 3.05) is 18.1 Å². The Morgan fingerprint density at radius 1 is 1.39 bits per heavy atom. The summed E-state index contributed by atoms with van der Waals surface area (Å²) in [5.74, 6) is 0.731. The number of esters is 1. The first-order chi connectivity index (χ1) is 8.51. The predicted octanol–water partition coefficient (Wildman–Crippen LogP) is 0.915. The van der Waals surface area contributed by atoms with Crippen molar-refractivity contribution in [1.29, 1.82) is 0 Å². The smallest absolute Gasteiger partial charge is 0.322 e. The van der Waals surface area contributed by atoms with Gasteiger partial charge in [0.1, 0.15) is 6.04 Å². The summed E-state index contributed by atoms with van der Waals surface area (Å²) in [7, 11) is 0. The third-order valence-corrected chi connectivity index (χ3v) is 3.41. The third kappa shape index (κ3) is 8.36. The van der Waals surface area contributed by atoms with E-state index in [9.17, 15) is 9.59 Å². The minimum atomic E-state index is -0.588. The summed E-state index contributed by atoms with van der Waals surface area (Å²) in [6, 6.07) is -0.380. The number of ether oxygens (including phenoxy) is 1. The lowest BCUT2D eigenvalue weighted by molar-refractivity contribution is -0.144. The molecule has 0 aliphatic heterocycles. The van der Waals surface area contributed by atoms with Gasteiger partial charge in [0.2, 0.25) is 5.91 Å². The molecule has 0 fully saturated rings. The van der Waals surface area contributed by atoms with Crippen molar-refractivity contribution in [2.45, 2.75) is 45.7 Å². The average Bonchev–Trinajstić information content (AvgIpc) is 2.34. The number of hydrogen-bond acceptors (Lipinski definition) is 5. The molecule has 0 bridgehead atoms. The molecule has 0 aromatic carbocycles. The van der Waals surface area contributed by atoms with E-state index in [-0.39, 0.29) is 17.9 Å². The third-order valence-electron chi connectivity index (χ3n) is 2.42. The number of nitrogens with two attached hydrogens (primary N) is 1. The lowest BCUT2D eigenvalue weighted by Gasteiger charge is -2.12. The van der Waals surface area contributed by atoms with Gasteiger partial charge >= 0.3 is 5.97 Å². The van der Waals surface area contributed by atoms with Crippen molar-refractivity contribution in [2.24, 2.45) is 5.73 Å². The van der Waals surface area contributed by atoms with Crippen molar-refractivity contribution >= 4 is 23.6 Å². The molecule has 18 heavy (non-hydrogen) atoms. The Bertz CT molecular complexity index is 262. The number of hydrogen-bond donors (Lipinski definition) is 2. The van der Waals surface area contributed by atoms with Crippen LogP contribution in [-0.2, 0) is 14.3 Å². The predicted molar refractivity (Wildman–Crippen MR) is 74.4 cm³/mol. The van der Waals surface area contributed by atoms with E-state index in [1.54, 1.807) is 6.92 Å². The van der Waals surface area contributed by atoms with Crippen molar-refractivity contribution < 1.29 is 14.3 Å². The van der Waals surface area contributed by atoms with Gasteiger partial charge in [-0.25, -0.2) is 0 Å². The second-order valence-electron chi connectivity index (χ2n) is 4.08. The molecular formula is C12H24N2O3S. The van der Waals surface area contributed by atoms with Crippen molar-refractivity contribution in [3.8, 4) is 0 Å². The zero-order chi connectivity index (χ0) is 14.0. The molecule has 106 valence electrons. The molecule has 0 saturated heterocycles. The number of thioether (sulfide) groups is 1. The Labute approximate surface area is 113 Å². The summed E-state index contributed by atoms with van der Waals surface area (Å²) in [6.45, 7) is 6.09. The molecule has 0 saturated carbocycles. The molecule has 0 rings (SSSR count). The minimum absolute atomic E-state index is 0.0269. The summed E-state index contributed by atoms with van der Waals surface area (Å²) in [4.78, 5) is 22.7. The number of carbonyl (C=O) groups excluding carboxylic acids is 2. The highest BCUT2D eigenvalue weighted by molar-refractivity contribution is 7.99. The molecule has 2 atom stereocenters. The first-order valence-corrected chi connectivity index (χ1v) is 7.46. The Morgan fingerprint density at radius 3 is 2.61 bits per heavy atom. The lowest BCUT2D eigenvalue weighted by atomic mass is 10.2. The molecule has 5 nitrogen and oxygen atoms in total. The van der Waals surface area contributed by atoms with E-state index in [0.29, 0.717) is 24.5 Å². The summed E-state index contributed by atoms with van der Waals surface area (Å²) in [5.41, 5.74) is 5.63. The topological polar surface area (TPSA) is 81.4 Å². The molecule has 0 aliphatic rings. The van der Waals surface area contributed by atoms with Crippen LogP contribution in [0.1, 0.15) is 33.6 Å². The van der Waals surface area contributed by atoms with Crippen LogP contribution in [0.25, 0.3) is 0 Å². The van der Waals surface area contributed by atoms with Crippen LogP contribution < -0.4 is 11.1 Å². The highest BCUT2D eigenvalue weighted by Crippen LogP contribution is 2.05. The second-order valence-corrected chi connectivity index (χ2v) is 5.18. The molecule has 0 heterocycles. The molecule has 6 heteroatoms. The SMILES string of the molecule is CCOC(=O)C(N)CCSCC(=O)NC(C)CC. The fraction of sp³-hybridized carbons (Fsp3) is 0.833. The maximum atomic E-state index is 11.4. The highest BCUT2D eigenvalue weighted by atomic mass is 32.2. The molecule has 3 N–H and O–H groups in total. The van der Waals surface area contributed by atoms with Gasteiger partial charge in [0.05, 0.1) is 12.4 Å². The molecule has 0 aliphatic carbocycles. The van der Waals surface area contributed by atoms with E-state index in [1.807, 2.05) is 13.8 Å². The zero-order valence-corrected chi connectivity index (χ0v) is 12.2. The fourth-order valence-corrected chi connectivity index (χ4v) is 1.99. The standard InChI is InChI=1S/C12H24N2O3S/c1-4-9(3)14-11(15)8-18-7-6-10(13)12(16)17-5-2/h9-10H,4-8,13H2,1-3H3,(H,14,15). The van der Waals surface area contributed by atoms with E-state index in [4.69, 9.17) is 10.5 Å². The van der Waals surface area contributed by atoms with Crippen molar-refractivity contribution in [1.82, 2.24) is 5.32 Å². The molecule has 0 radical (unpaired) electrons. The van der Waals surface area contributed by atoms with Crippen LogP contribution >= 0.6 is 11.8 Å². The van der Waals surface area contributed by atoms with Gasteiger partial charge in [-0.1, -0.05) is 6.92 Å². The van der Waals surface area contributed by atoms with Gasteiger partial charge in [-0.05, 0) is 32.4 Å². The molecule has 0 aromatic heterocycles. The van der Waals surface area contributed by atoms with Gasteiger partial charge in [0, 0.05) is 6.04 Å². The largest absolute Gasteiger partial charge is 0.465 e. The average molecular weight is 276 g/mol. The molecule has 0 spiro atoms. The van der Waals surface area contributed by atoms with Crippen molar-refractivity contribution in [3.63, 3.8) is 0 Å². The van der Waals surface area contributed by atoms with Crippen LogP contribution in [0.4, 0.5) is 0 Å². The lowest BCUT2D eigenvalue weighted by Crippen LogP contribution is -2.34. The number of rotatable bonds is 9. The van der Waals surface area contributed by atoms with Gasteiger partial charge in [-0.3, -0.25) is 9.59 Å². The summed E-state index contributed by atoms with van der Waals surface area (Å²) >= 11 is 1.48. The van der Waals surface area contributed by atoms with Crippen LogP contribution in [-0.4, -0.2) is 42.1 Å². The number of nitrogens with one attached hydrogen (secondary N) is 1. The zero-order valence-electron chi connectivity index (χ0n) is 11.4. The second kappa shape index (κ2) is 10.2. The normalized spacial score (nSPS) is 13.8. The maximum absolute atomic E-state index is 11.4. The van der Waals surface area contributed by atoms with Gasteiger partial charge in [0.15, 0.2) is 0 Å².